The maximum absolute atomic E-state index is 13.7. The molecule has 0 unspecified atom stereocenters. The SMILES string of the molecule is C[C@H](N)C(=O)NCC(=O)NCC(=O)N[C@@H](CCCCN)C(=O)N[C@@H](C)C(=O)NCC(=O)N[C@@H](CCCCN)C(=O)N[C@@H](CC(=O)O)C(=O)N[C@@H](CO)C(=O)NCC(=O)N[C@@H](CCCCN)C(=O)N[C@@H](C)C(=O)N[C@@H](CCCCN)C(=O)N[C@H](C(=O)N[C@@H](CCCCN)C(=O)O)[C@@H](C)O. The van der Waals surface area contributed by atoms with E-state index in [4.69, 9.17) is 34.4 Å². The van der Waals surface area contributed by atoms with Crippen LogP contribution in [0.3, 0.4) is 0 Å². The number of nitrogens with two attached hydrogens (primary N) is 6. The topological polar surface area (TPSA) is 679 Å². The molecule has 0 aliphatic rings. The second-order valence-corrected chi connectivity index (χ2v) is 23.1. The summed E-state index contributed by atoms with van der Waals surface area (Å²) in [5.74, 6) is -16.3. The lowest BCUT2D eigenvalue weighted by atomic mass is 10.0. The minimum atomic E-state index is -1.97. The molecule has 12 atom stereocenters. The molecule has 98 heavy (non-hydrogen) atoms. The van der Waals surface area contributed by atoms with E-state index >= 15 is 0 Å². The van der Waals surface area contributed by atoms with E-state index in [1.54, 1.807) is 0 Å². The van der Waals surface area contributed by atoms with Crippen LogP contribution in [0.1, 0.15) is 130 Å². The summed E-state index contributed by atoms with van der Waals surface area (Å²) in [6.45, 7) is 2.28. The summed E-state index contributed by atoms with van der Waals surface area (Å²) >= 11 is 0. The third kappa shape index (κ3) is 38.2. The van der Waals surface area contributed by atoms with Crippen LogP contribution in [0.15, 0.2) is 0 Å². The van der Waals surface area contributed by atoms with Gasteiger partial charge in [0.1, 0.15) is 60.4 Å². The summed E-state index contributed by atoms with van der Waals surface area (Å²) in [7, 11) is 0. The standard InChI is InChI=1S/C58H106N20O20/c1-31(64)48(87)66-26-42(81)65-27-43(82)71-35(15-5-10-20-59)52(91)69-32(2)49(88)67-28-44(83)73-37(17-7-12-22-61)54(93)76-40(25-46(85)86)56(95)77-41(30-79)51(90)68-29-45(84)72-36(16-6-11-21-60)53(92)70-33(3)50(89)74-38(18-8-13-23-62)55(94)78-47(34(4)80)57(96)75-39(58(97)98)19-9-14-24-63/h31-41,47,79-80H,5-30,59-64H2,1-4H3,(H,65,81)(H,66,87)(H,67,88)(H,68,90)(H,69,91)(H,70,92)(H,71,82)(H,72,84)(H,73,83)(H,74,89)(H,75,96)(H,76,93)(H,77,95)(H,78,94)(H,85,86)(H,97,98)/t31-,32-,33-,34+,35-,36-,37-,38-,39-,40-,41-,47-/m0/s1. The minimum Gasteiger partial charge on any atom is -0.481 e. The monoisotopic (exact) mass is 1400 g/mol. The molecule has 14 amide bonds. The first-order valence-corrected chi connectivity index (χ1v) is 32.4. The number of hydrogen-bond donors (Lipinski definition) is 24. The number of hydrogen-bond acceptors (Lipinski definition) is 24. The fourth-order valence-corrected chi connectivity index (χ4v) is 8.81. The zero-order valence-corrected chi connectivity index (χ0v) is 56.1. The molecule has 0 rings (SSSR count). The maximum Gasteiger partial charge on any atom is 0.326 e. The highest BCUT2D eigenvalue weighted by Crippen LogP contribution is 2.09. The number of carbonyl (C=O) groups excluding carboxylic acids is 14. The van der Waals surface area contributed by atoms with E-state index in [2.05, 4.69) is 74.4 Å². The number of nitrogens with one attached hydrogen (secondary N) is 14. The molecule has 0 bridgehead atoms. The van der Waals surface area contributed by atoms with E-state index in [1.165, 1.54) is 27.7 Å². The third-order valence-corrected chi connectivity index (χ3v) is 14.5. The highest BCUT2D eigenvalue weighted by atomic mass is 16.4. The van der Waals surface area contributed by atoms with Crippen LogP contribution in [0.4, 0.5) is 0 Å². The summed E-state index contributed by atoms with van der Waals surface area (Å²) < 4.78 is 0. The van der Waals surface area contributed by atoms with E-state index in [-0.39, 0.29) is 84.1 Å². The van der Waals surface area contributed by atoms with Gasteiger partial charge in [0.05, 0.1) is 51.4 Å². The number of carbonyl (C=O) groups is 16. The van der Waals surface area contributed by atoms with Crippen LogP contribution >= 0.6 is 0 Å². The number of aliphatic hydroxyl groups excluding tert-OH is 2. The Balaban J connectivity index is 6.04. The molecule has 40 nitrogen and oxygen atoms in total. The molecule has 30 N–H and O–H groups in total. The van der Waals surface area contributed by atoms with Gasteiger partial charge < -0.3 is 129 Å². The van der Waals surface area contributed by atoms with E-state index < -0.39 is 206 Å². The van der Waals surface area contributed by atoms with Crippen LogP contribution in [-0.2, 0) is 76.7 Å². The Bertz CT molecular complexity index is 2620. The second-order valence-electron chi connectivity index (χ2n) is 23.1. The fraction of sp³-hybridized carbons (Fsp3) is 0.724. The molecule has 0 aliphatic carbocycles. The molecule has 0 aromatic rings. The first-order chi connectivity index (χ1) is 46.3. The first-order valence-electron chi connectivity index (χ1n) is 32.4. The summed E-state index contributed by atoms with van der Waals surface area (Å²) in [4.78, 5) is 208. The van der Waals surface area contributed by atoms with Gasteiger partial charge in [-0.2, -0.15) is 0 Å². The number of rotatable bonds is 53. The molecule has 0 aromatic carbocycles. The average Bonchev–Trinajstić information content (AvgIpc) is 0.918. The van der Waals surface area contributed by atoms with Crippen LogP contribution < -0.4 is 109 Å². The van der Waals surface area contributed by atoms with Gasteiger partial charge in [-0.15, -0.1) is 0 Å². The van der Waals surface area contributed by atoms with Gasteiger partial charge in [0.25, 0.3) is 0 Å². The molecule has 0 heterocycles. The Morgan fingerprint density at radius 1 is 0.327 bits per heavy atom. The molecule has 0 saturated heterocycles. The minimum absolute atomic E-state index is 0.00671. The molecule has 0 spiro atoms. The predicted octanol–water partition coefficient (Wildman–Crippen LogP) is -10.7. The molecule has 0 aromatic heterocycles. The zero-order chi connectivity index (χ0) is 74.5. The van der Waals surface area contributed by atoms with Crippen LogP contribution in [0.25, 0.3) is 0 Å². The summed E-state index contributed by atoms with van der Waals surface area (Å²) in [6, 6.07) is -16.0. The lowest BCUT2D eigenvalue weighted by molar-refractivity contribution is -0.143. The van der Waals surface area contributed by atoms with Gasteiger partial charge in [-0.05, 0) is 157 Å². The number of carboxylic acid groups (broad SMARTS) is 2. The summed E-state index contributed by atoms with van der Waals surface area (Å²) in [6.07, 6.45) is 0.681. The number of aliphatic hydroxyl groups is 2. The molecular formula is C58H106N20O20. The van der Waals surface area contributed by atoms with Gasteiger partial charge in [-0.25, -0.2) is 4.79 Å². The fourth-order valence-electron chi connectivity index (χ4n) is 8.81. The Kier molecular flexibility index (Phi) is 46.0. The predicted molar refractivity (Wildman–Crippen MR) is 350 cm³/mol. The Labute approximate surface area is 567 Å². The van der Waals surface area contributed by atoms with E-state index in [1.807, 2.05) is 0 Å². The van der Waals surface area contributed by atoms with Crippen LogP contribution in [0.2, 0.25) is 0 Å². The Hall–Kier alpha value is -8.80. The van der Waals surface area contributed by atoms with Crippen molar-refractivity contribution >= 4 is 94.6 Å². The largest absolute Gasteiger partial charge is 0.481 e. The van der Waals surface area contributed by atoms with E-state index in [0.717, 1.165) is 0 Å². The van der Waals surface area contributed by atoms with Crippen molar-refractivity contribution in [1.29, 1.82) is 0 Å². The molecule has 0 radical (unpaired) electrons. The number of aliphatic carboxylic acids is 2. The molecule has 40 heteroatoms. The van der Waals surface area contributed by atoms with Crippen LogP contribution in [-0.4, -0.2) is 253 Å². The van der Waals surface area contributed by atoms with Crippen molar-refractivity contribution in [2.45, 2.75) is 203 Å². The quantitative estimate of drug-likeness (QED) is 0.0252. The van der Waals surface area contributed by atoms with Crippen molar-refractivity contribution < 1.29 is 97.1 Å². The van der Waals surface area contributed by atoms with Gasteiger partial charge >= 0.3 is 11.9 Å². The third-order valence-electron chi connectivity index (χ3n) is 14.5. The van der Waals surface area contributed by atoms with Gasteiger partial charge in [0.2, 0.25) is 82.7 Å². The lowest BCUT2D eigenvalue weighted by Gasteiger charge is -2.27. The number of carboxylic acids is 2. The van der Waals surface area contributed by atoms with Crippen molar-refractivity contribution in [2.24, 2.45) is 34.4 Å². The first kappa shape index (κ1) is 89.2. The van der Waals surface area contributed by atoms with Crippen molar-refractivity contribution in [3.63, 3.8) is 0 Å². The Morgan fingerprint density at radius 3 is 1.03 bits per heavy atom. The molecule has 558 valence electrons. The lowest BCUT2D eigenvalue weighted by Crippen LogP contribution is -2.60. The van der Waals surface area contributed by atoms with Gasteiger partial charge in [0, 0.05) is 0 Å². The second kappa shape index (κ2) is 50.5. The molecular weight excluding hydrogens is 1300 g/mol. The molecule has 0 aliphatic heterocycles. The van der Waals surface area contributed by atoms with Crippen molar-refractivity contribution in [3.05, 3.63) is 0 Å². The van der Waals surface area contributed by atoms with Crippen molar-refractivity contribution in [3.8, 4) is 0 Å². The maximum atomic E-state index is 13.7. The number of unbranched alkanes of at least 4 members (excludes halogenated alkanes) is 5. The van der Waals surface area contributed by atoms with Crippen LogP contribution in [0, 0.1) is 0 Å². The average molecular weight is 1400 g/mol. The van der Waals surface area contributed by atoms with Crippen molar-refractivity contribution in [1.82, 2.24) is 74.4 Å². The zero-order valence-electron chi connectivity index (χ0n) is 56.1. The van der Waals surface area contributed by atoms with Crippen molar-refractivity contribution in [2.75, 3.05) is 65.5 Å². The number of amides is 14. The van der Waals surface area contributed by atoms with Gasteiger partial charge in [0.15, 0.2) is 0 Å². The molecule has 0 saturated carbocycles. The normalized spacial score (nSPS) is 14.6. The summed E-state index contributed by atoms with van der Waals surface area (Å²) in [5.41, 5.74) is 33.4. The highest BCUT2D eigenvalue weighted by Gasteiger charge is 2.35. The van der Waals surface area contributed by atoms with Gasteiger partial charge in [-0.1, -0.05) is 0 Å². The van der Waals surface area contributed by atoms with E-state index in [0.29, 0.717) is 44.9 Å². The van der Waals surface area contributed by atoms with Crippen LogP contribution in [0.5, 0.6) is 0 Å². The van der Waals surface area contributed by atoms with E-state index in [9.17, 15) is 97.1 Å². The highest BCUT2D eigenvalue weighted by molar-refractivity contribution is 5.99. The smallest absolute Gasteiger partial charge is 0.326 e. The Morgan fingerprint density at radius 2 is 0.643 bits per heavy atom. The van der Waals surface area contributed by atoms with Gasteiger partial charge in [-0.3, -0.25) is 71.9 Å². The summed E-state index contributed by atoms with van der Waals surface area (Å²) in [5, 5.41) is 72.5. The molecule has 0 fully saturated rings.